The van der Waals surface area contributed by atoms with Crippen LogP contribution in [0.25, 0.3) is 0 Å². The summed E-state index contributed by atoms with van der Waals surface area (Å²) in [6.45, 7) is 5.18. The average molecular weight is 395 g/mol. The third kappa shape index (κ3) is 4.68. The molecule has 2 aromatic carbocycles. The first-order valence-electron chi connectivity index (χ1n) is 11.7. The zero-order chi connectivity index (χ0) is 20.2. The van der Waals surface area contributed by atoms with E-state index in [4.69, 9.17) is 4.74 Å². The highest BCUT2D eigenvalue weighted by Crippen LogP contribution is 2.39. The van der Waals surface area contributed by atoms with Crippen LogP contribution in [0, 0.1) is 11.7 Å². The topological polar surface area (TPSA) is 9.23 Å². The molecule has 2 aliphatic carbocycles. The highest BCUT2D eigenvalue weighted by molar-refractivity contribution is 5.40. The lowest BCUT2D eigenvalue weighted by molar-refractivity contribution is 0.316. The molecule has 2 aliphatic rings. The maximum Gasteiger partial charge on any atom is 0.126 e. The summed E-state index contributed by atoms with van der Waals surface area (Å²) >= 11 is 0. The Morgan fingerprint density at radius 2 is 1.72 bits per heavy atom. The lowest BCUT2D eigenvalue weighted by Gasteiger charge is -2.29. The Morgan fingerprint density at radius 3 is 2.45 bits per heavy atom. The molecule has 0 saturated heterocycles. The van der Waals surface area contributed by atoms with Crippen LogP contribution in [0.15, 0.2) is 36.4 Å². The van der Waals surface area contributed by atoms with Crippen molar-refractivity contribution in [1.29, 1.82) is 0 Å². The summed E-state index contributed by atoms with van der Waals surface area (Å²) < 4.78 is 20.9. The summed E-state index contributed by atoms with van der Waals surface area (Å²) in [6, 6.07) is 12.6. The fraction of sp³-hybridized carbons (Fsp3) is 0.556. The normalized spacial score (nSPS) is 24.2. The lowest BCUT2D eigenvalue weighted by Crippen LogP contribution is -2.15. The standard InChI is InChI=1S/C27H35FO/c1-3-15-29-25-13-11-21-16-24(10-9-22(21)17-25)26-14-12-23(18-27(26)28)20-7-5-19(4-2)6-8-20/h11-14,17-20,24H,3-10,15-16H2,1-2H3. The maximum atomic E-state index is 15.1. The summed E-state index contributed by atoms with van der Waals surface area (Å²) in [5, 5.41) is 0. The summed E-state index contributed by atoms with van der Waals surface area (Å²) in [5.41, 5.74) is 4.86. The molecule has 0 radical (unpaired) electrons. The van der Waals surface area contributed by atoms with Gasteiger partial charge in [-0.25, -0.2) is 4.39 Å². The molecule has 1 atom stereocenters. The molecule has 1 saturated carbocycles. The number of hydrogen-bond acceptors (Lipinski definition) is 1. The van der Waals surface area contributed by atoms with Gasteiger partial charge >= 0.3 is 0 Å². The molecule has 0 N–H and O–H groups in total. The Labute approximate surface area is 175 Å². The second kappa shape index (κ2) is 9.32. The van der Waals surface area contributed by atoms with E-state index in [0.717, 1.165) is 49.5 Å². The van der Waals surface area contributed by atoms with Gasteiger partial charge in [-0.2, -0.15) is 0 Å². The Balaban J connectivity index is 1.44. The van der Waals surface area contributed by atoms with Crippen LogP contribution < -0.4 is 4.74 Å². The molecule has 0 aliphatic heterocycles. The average Bonchev–Trinajstić information content (AvgIpc) is 2.77. The number of halogens is 1. The molecule has 4 rings (SSSR count). The van der Waals surface area contributed by atoms with Gasteiger partial charge in [0.15, 0.2) is 0 Å². The molecule has 29 heavy (non-hydrogen) atoms. The largest absolute Gasteiger partial charge is 0.494 e. The first kappa shape index (κ1) is 20.4. The van der Waals surface area contributed by atoms with Gasteiger partial charge in [0, 0.05) is 0 Å². The smallest absolute Gasteiger partial charge is 0.126 e. The molecule has 2 heteroatoms. The number of rotatable bonds is 6. The third-order valence-electron chi connectivity index (χ3n) is 7.24. The minimum Gasteiger partial charge on any atom is -0.494 e. The summed E-state index contributed by atoms with van der Waals surface area (Å²) in [4.78, 5) is 0. The predicted octanol–water partition coefficient (Wildman–Crippen LogP) is 7.57. The molecule has 0 amide bonds. The molecule has 1 nitrogen and oxygen atoms in total. The van der Waals surface area contributed by atoms with Gasteiger partial charge in [0.1, 0.15) is 11.6 Å². The lowest BCUT2D eigenvalue weighted by atomic mass is 9.76. The second-order valence-electron chi connectivity index (χ2n) is 9.13. The SMILES string of the molecule is CCCOc1ccc2c(c1)CCC(c1ccc(C3CCC(CC)CC3)cc1F)C2. The van der Waals surface area contributed by atoms with E-state index < -0.39 is 0 Å². The highest BCUT2D eigenvalue weighted by atomic mass is 19.1. The van der Waals surface area contributed by atoms with Gasteiger partial charge in [-0.3, -0.25) is 0 Å². The van der Waals surface area contributed by atoms with Gasteiger partial charge in [0.25, 0.3) is 0 Å². The quantitative estimate of drug-likeness (QED) is 0.491. The molecular weight excluding hydrogens is 359 g/mol. The number of fused-ring (bicyclic) bond motifs is 1. The first-order chi connectivity index (χ1) is 14.2. The van der Waals surface area contributed by atoms with Gasteiger partial charge < -0.3 is 4.74 Å². The van der Waals surface area contributed by atoms with E-state index in [1.165, 1.54) is 48.8 Å². The molecule has 156 valence electrons. The molecule has 0 bridgehead atoms. The molecule has 2 aromatic rings. The van der Waals surface area contributed by atoms with Crippen LogP contribution in [0.2, 0.25) is 0 Å². The Hall–Kier alpha value is -1.83. The van der Waals surface area contributed by atoms with Crippen molar-refractivity contribution in [2.45, 2.75) is 83.5 Å². The van der Waals surface area contributed by atoms with Gasteiger partial charge in [-0.05, 0) is 110 Å². The molecule has 1 fully saturated rings. The highest BCUT2D eigenvalue weighted by Gasteiger charge is 2.25. The number of hydrogen-bond donors (Lipinski definition) is 0. The molecular formula is C27H35FO. The second-order valence-corrected chi connectivity index (χ2v) is 9.13. The Morgan fingerprint density at radius 1 is 0.897 bits per heavy atom. The molecule has 1 unspecified atom stereocenters. The summed E-state index contributed by atoms with van der Waals surface area (Å²) in [7, 11) is 0. The van der Waals surface area contributed by atoms with Gasteiger partial charge in [-0.15, -0.1) is 0 Å². The fourth-order valence-corrected chi connectivity index (χ4v) is 5.34. The van der Waals surface area contributed by atoms with Crippen LogP contribution in [0.4, 0.5) is 4.39 Å². The third-order valence-corrected chi connectivity index (χ3v) is 7.24. The first-order valence-corrected chi connectivity index (χ1v) is 11.7. The monoisotopic (exact) mass is 394 g/mol. The fourth-order valence-electron chi connectivity index (χ4n) is 5.34. The van der Waals surface area contributed by atoms with E-state index in [1.54, 1.807) is 0 Å². The van der Waals surface area contributed by atoms with Crippen molar-refractivity contribution in [3.8, 4) is 5.75 Å². The van der Waals surface area contributed by atoms with Crippen molar-refractivity contribution in [2.24, 2.45) is 5.92 Å². The number of aryl methyl sites for hydroxylation is 1. The van der Waals surface area contributed by atoms with E-state index in [0.29, 0.717) is 5.92 Å². The minimum absolute atomic E-state index is 0.0106. The Bertz CT molecular complexity index is 819. The molecule has 0 aromatic heterocycles. The van der Waals surface area contributed by atoms with Crippen LogP contribution in [-0.4, -0.2) is 6.61 Å². The number of benzene rings is 2. The molecule has 0 spiro atoms. The maximum absolute atomic E-state index is 15.1. The van der Waals surface area contributed by atoms with Gasteiger partial charge in [0.2, 0.25) is 0 Å². The van der Waals surface area contributed by atoms with Gasteiger partial charge in [-0.1, -0.05) is 38.5 Å². The van der Waals surface area contributed by atoms with Crippen LogP contribution in [0.1, 0.15) is 92.9 Å². The van der Waals surface area contributed by atoms with Crippen molar-refractivity contribution in [3.63, 3.8) is 0 Å². The van der Waals surface area contributed by atoms with Crippen LogP contribution in [0.3, 0.4) is 0 Å². The number of ether oxygens (including phenoxy) is 1. The minimum atomic E-state index is 0.0106. The van der Waals surface area contributed by atoms with E-state index in [-0.39, 0.29) is 11.7 Å². The van der Waals surface area contributed by atoms with Crippen molar-refractivity contribution in [3.05, 3.63) is 64.5 Å². The van der Waals surface area contributed by atoms with Crippen molar-refractivity contribution < 1.29 is 9.13 Å². The zero-order valence-corrected chi connectivity index (χ0v) is 18.1. The van der Waals surface area contributed by atoms with Crippen LogP contribution >= 0.6 is 0 Å². The van der Waals surface area contributed by atoms with Crippen molar-refractivity contribution in [1.82, 2.24) is 0 Å². The Kier molecular flexibility index (Phi) is 6.57. The van der Waals surface area contributed by atoms with E-state index >= 15 is 4.39 Å². The van der Waals surface area contributed by atoms with E-state index in [9.17, 15) is 0 Å². The van der Waals surface area contributed by atoms with Crippen molar-refractivity contribution in [2.75, 3.05) is 6.61 Å². The van der Waals surface area contributed by atoms with Crippen LogP contribution in [0.5, 0.6) is 5.75 Å². The van der Waals surface area contributed by atoms with Gasteiger partial charge in [0.05, 0.1) is 6.61 Å². The molecule has 0 heterocycles. The van der Waals surface area contributed by atoms with Crippen LogP contribution in [-0.2, 0) is 12.8 Å². The van der Waals surface area contributed by atoms with Crippen molar-refractivity contribution >= 4 is 0 Å². The van der Waals surface area contributed by atoms with E-state index in [2.05, 4.69) is 44.2 Å². The zero-order valence-electron chi connectivity index (χ0n) is 18.1. The summed E-state index contributed by atoms with van der Waals surface area (Å²) in [6.07, 6.45) is 10.3. The van der Waals surface area contributed by atoms with E-state index in [1.807, 2.05) is 6.07 Å². The summed E-state index contributed by atoms with van der Waals surface area (Å²) in [5.74, 6) is 2.70. The predicted molar refractivity (Wildman–Crippen MR) is 118 cm³/mol.